The van der Waals surface area contributed by atoms with Crippen LogP contribution in [0.5, 0.6) is 0 Å². The van der Waals surface area contributed by atoms with Gasteiger partial charge in [0.15, 0.2) is 0 Å². The molecule has 0 aliphatic carbocycles. The molecule has 1 unspecified atom stereocenters. The molecule has 0 amide bonds. The van der Waals surface area contributed by atoms with Crippen LogP contribution >= 0.6 is 0 Å². The topological polar surface area (TPSA) is 67.2 Å². The van der Waals surface area contributed by atoms with Crippen LogP contribution in [0.4, 0.5) is 0 Å². The van der Waals surface area contributed by atoms with Crippen molar-refractivity contribution in [2.45, 2.75) is 26.5 Å². The summed E-state index contributed by atoms with van der Waals surface area (Å²) in [6, 6.07) is 14.8. The van der Waals surface area contributed by atoms with E-state index in [1.54, 1.807) is 0 Å². The Hall–Kier alpha value is -2.96. The largest absolute Gasteiger partial charge is 0.369 e. The highest BCUT2D eigenvalue weighted by atomic mass is 16.5. The van der Waals surface area contributed by atoms with Crippen molar-refractivity contribution in [3.05, 3.63) is 71.4 Å². The fraction of sp³-hybridized carbons (Fsp3) is 0.304. The minimum Gasteiger partial charge on any atom is -0.369 e. The van der Waals surface area contributed by atoms with Crippen molar-refractivity contribution in [3.63, 3.8) is 0 Å². The second kappa shape index (κ2) is 7.46. The molecule has 0 radical (unpaired) electrons. The van der Waals surface area contributed by atoms with Gasteiger partial charge >= 0.3 is 0 Å². The summed E-state index contributed by atoms with van der Waals surface area (Å²) in [4.78, 5) is 10.6. The summed E-state index contributed by atoms with van der Waals surface area (Å²) in [6.07, 6.45) is 1.94. The van der Waals surface area contributed by atoms with Crippen molar-refractivity contribution in [1.82, 2.24) is 20.0 Å². The summed E-state index contributed by atoms with van der Waals surface area (Å²) >= 11 is 0. The van der Waals surface area contributed by atoms with Crippen LogP contribution in [0, 0.1) is 13.8 Å². The zero-order valence-electron chi connectivity index (χ0n) is 16.7. The molecule has 1 saturated heterocycles. The first-order valence-corrected chi connectivity index (χ1v) is 9.97. The van der Waals surface area contributed by atoms with Crippen LogP contribution in [0.15, 0.2) is 53.2 Å². The molecule has 1 N–H and O–H groups in total. The molecule has 4 aromatic rings. The lowest BCUT2D eigenvalue weighted by Crippen LogP contribution is -2.38. The fourth-order valence-corrected chi connectivity index (χ4v) is 4.10. The molecule has 0 bridgehead atoms. The molecule has 1 atom stereocenters. The zero-order valence-corrected chi connectivity index (χ0v) is 16.7. The van der Waals surface area contributed by atoms with Gasteiger partial charge in [-0.15, -0.1) is 0 Å². The highest BCUT2D eigenvalue weighted by Gasteiger charge is 2.24. The van der Waals surface area contributed by atoms with E-state index in [4.69, 9.17) is 14.2 Å². The zero-order chi connectivity index (χ0) is 19.8. The van der Waals surface area contributed by atoms with E-state index in [-0.39, 0.29) is 6.10 Å². The van der Waals surface area contributed by atoms with E-state index in [0.29, 0.717) is 6.61 Å². The van der Waals surface area contributed by atoms with Gasteiger partial charge in [-0.3, -0.25) is 4.90 Å². The summed E-state index contributed by atoms with van der Waals surface area (Å²) in [6.45, 7) is 7.21. The van der Waals surface area contributed by atoms with Crippen LogP contribution in [0.1, 0.15) is 28.8 Å². The number of aromatic amines is 1. The van der Waals surface area contributed by atoms with Gasteiger partial charge in [0.25, 0.3) is 0 Å². The highest BCUT2D eigenvalue weighted by Crippen LogP contribution is 2.28. The van der Waals surface area contributed by atoms with E-state index in [0.717, 1.165) is 48.0 Å². The van der Waals surface area contributed by atoms with Crippen LogP contribution in [0.25, 0.3) is 22.2 Å². The van der Waals surface area contributed by atoms with Gasteiger partial charge in [-0.2, -0.15) is 0 Å². The van der Waals surface area contributed by atoms with Crippen molar-refractivity contribution in [1.29, 1.82) is 0 Å². The summed E-state index contributed by atoms with van der Waals surface area (Å²) in [7, 11) is 0. The number of hydrogen-bond donors (Lipinski definition) is 1. The van der Waals surface area contributed by atoms with Crippen LogP contribution in [-0.4, -0.2) is 39.7 Å². The van der Waals surface area contributed by atoms with Crippen molar-refractivity contribution < 1.29 is 9.26 Å². The number of ether oxygens (including phenoxy) is 1. The van der Waals surface area contributed by atoms with Crippen molar-refractivity contribution in [2.75, 3.05) is 19.7 Å². The number of fused-ring (bicyclic) bond motifs is 1. The number of nitrogens with one attached hydrogen (secondary N) is 1. The average Bonchev–Trinajstić information content (AvgIpc) is 3.34. The Bertz CT molecular complexity index is 1130. The molecule has 29 heavy (non-hydrogen) atoms. The van der Waals surface area contributed by atoms with Crippen LogP contribution in [-0.2, 0) is 11.3 Å². The standard InChI is InChI=1S/C23H24N4O2/c1-15-23(16(2)29-26-15)20-5-3-4-19(25-20)22-14-27(10-11-28-22)13-17-6-7-18-8-9-24-21(18)12-17/h3-9,12,22,24H,10-11,13-14H2,1-2H3. The number of pyridine rings is 1. The maximum Gasteiger partial charge on any atom is 0.143 e. The molecular formula is C23H24N4O2. The van der Waals surface area contributed by atoms with Gasteiger partial charge in [0, 0.05) is 31.3 Å². The SMILES string of the molecule is Cc1noc(C)c1-c1cccc(C2CN(Cc3ccc4cc[nH]c4c3)CCO2)n1. The van der Waals surface area contributed by atoms with E-state index < -0.39 is 0 Å². The summed E-state index contributed by atoms with van der Waals surface area (Å²) in [5.41, 5.74) is 6.15. The maximum absolute atomic E-state index is 6.07. The van der Waals surface area contributed by atoms with Gasteiger partial charge in [0.2, 0.25) is 0 Å². The number of aryl methyl sites for hydroxylation is 2. The smallest absolute Gasteiger partial charge is 0.143 e. The second-order valence-electron chi connectivity index (χ2n) is 7.64. The summed E-state index contributed by atoms with van der Waals surface area (Å²) in [5.74, 6) is 0.790. The van der Waals surface area contributed by atoms with Crippen molar-refractivity contribution in [2.24, 2.45) is 0 Å². The van der Waals surface area contributed by atoms with Gasteiger partial charge < -0.3 is 14.2 Å². The lowest BCUT2D eigenvalue weighted by atomic mass is 10.1. The minimum absolute atomic E-state index is 0.0432. The first kappa shape index (κ1) is 18.1. The first-order chi connectivity index (χ1) is 14.2. The molecule has 5 rings (SSSR count). The second-order valence-corrected chi connectivity index (χ2v) is 7.64. The normalized spacial score (nSPS) is 17.8. The summed E-state index contributed by atoms with van der Waals surface area (Å²) < 4.78 is 11.4. The third kappa shape index (κ3) is 3.57. The average molecular weight is 388 g/mol. The van der Waals surface area contributed by atoms with E-state index in [9.17, 15) is 0 Å². The van der Waals surface area contributed by atoms with Gasteiger partial charge in [-0.1, -0.05) is 23.4 Å². The third-order valence-electron chi connectivity index (χ3n) is 5.57. The molecule has 6 nitrogen and oxygen atoms in total. The molecule has 6 heteroatoms. The number of rotatable bonds is 4. The number of H-pyrrole nitrogens is 1. The van der Waals surface area contributed by atoms with E-state index in [1.807, 2.05) is 38.2 Å². The molecule has 0 saturated carbocycles. The highest BCUT2D eigenvalue weighted by molar-refractivity contribution is 5.79. The number of morpholine rings is 1. The molecule has 148 valence electrons. The summed E-state index contributed by atoms with van der Waals surface area (Å²) in [5, 5.41) is 5.30. The lowest BCUT2D eigenvalue weighted by molar-refractivity contribution is -0.0349. The van der Waals surface area contributed by atoms with Crippen LogP contribution in [0.2, 0.25) is 0 Å². The van der Waals surface area contributed by atoms with Crippen LogP contribution < -0.4 is 0 Å². The molecule has 1 aromatic carbocycles. The predicted octanol–water partition coefficient (Wildman–Crippen LogP) is 4.41. The fourth-order valence-electron chi connectivity index (χ4n) is 4.10. The lowest BCUT2D eigenvalue weighted by Gasteiger charge is -2.32. The van der Waals surface area contributed by atoms with Gasteiger partial charge in [-0.25, -0.2) is 4.98 Å². The number of nitrogens with zero attached hydrogens (tertiary/aromatic N) is 3. The molecular weight excluding hydrogens is 364 g/mol. The number of aromatic nitrogens is 3. The van der Waals surface area contributed by atoms with Gasteiger partial charge in [-0.05, 0) is 49.1 Å². The number of hydrogen-bond acceptors (Lipinski definition) is 5. The molecule has 0 spiro atoms. The number of benzene rings is 1. The maximum atomic E-state index is 6.07. The van der Waals surface area contributed by atoms with Crippen LogP contribution in [0.3, 0.4) is 0 Å². The van der Waals surface area contributed by atoms with Crippen molar-refractivity contribution in [3.8, 4) is 11.3 Å². The van der Waals surface area contributed by atoms with Gasteiger partial charge in [0.1, 0.15) is 11.9 Å². The van der Waals surface area contributed by atoms with E-state index in [1.165, 1.54) is 16.5 Å². The monoisotopic (exact) mass is 388 g/mol. The Balaban J connectivity index is 1.35. The molecule has 3 aromatic heterocycles. The third-order valence-corrected chi connectivity index (χ3v) is 5.57. The first-order valence-electron chi connectivity index (χ1n) is 9.97. The Morgan fingerprint density at radius 3 is 2.97 bits per heavy atom. The predicted molar refractivity (Wildman–Crippen MR) is 111 cm³/mol. The Kier molecular flexibility index (Phi) is 4.66. The Morgan fingerprint density at radius 2 is 2.10 bits per heavy atom. The molecule has 4 heterocycles. The van der Waals surface area contributed by atoms with Gasteiger partial charge in [0.05, 0.1) is 29.3 Å². The molecule has 1 aliphatic rings. The molecule has 1 aliphatic heterocycles. The quantitative estimate of drug-likeness (QED) is 0.561. The van der Waals surface area contributed by atoms with E-state index in [2.05, 4.69) is 39.3 Å². The minimum atomic E-state index is -0.0432. The van der Waals surface area contributed by atoms with E-state index >= 15 is 0 Å². The van der Waals surface area contributed by atoms with Crippen molar-refractivity contribution >= 4 is 10.9 Å². The Morgan fingerprint density at radius 1 is 1.17 bits per heavy atom. The Labute approximate surface area is 169 Å². The molecule has 1 fully saturated rings.